The first kappa shape index (κ1) is 31.0. The summed E-state index contributed by atoms with van der Waals surface area (Å²) >= 11 is 0. The second-order valence-corrected chi connectivity index (χ2v) is 13.6. The first-order valence-corrected chi connectivity index (χ1v) is 17.5. The molecule has 0 spiro atoms. The fourth-order valence-electron chi connectivity index (χ4n) is 8.00. The smallest absolute Gasteiger partial charge is 0.229 e. The minimum atomic E-state index is -0.997. The number of nitrogens with zero attached hydrogens (tertiary/aromatic N) is 8. The van der Waals surface area contributed by atoms with Crippen LogP contribution in [0.4, 0.5) is 11.8 Å². The SMILES string of the molecule is CCc1cnn([C@H]2C[C@@H](n3cnc4c(NCC(c5ccccc5)c5ccccc5)nc(N5CC[C@H](N6CCCC6)C5)nc43)[C@H](O)[C@@H]2O)c1. The standard InChI is InChI=1S/C37H45N9O2/c1-2-25-20-40-46(22-25)31-19-30(33(47)34(31)48)45-24-39-32-35(38-21-29(26-11-5-3-6-12-26)27-13-7-4-8-14-27)41-37(42-36(32)45)44-18-15-28(23-44)43-16-9-10-17-43/h3-8,11-14,20,22,24,28-31,33-34,47-48H,2,9-10,15-19,21,23H2,1H3,(H,38,41,42)/t28-,30+,31-,33-,34+/m0/s1. The number of anilines is 2. The Bertz CT molecular complexity index is 1780. The minimum Gasteiger partial charge on any atom is -0.388 e. The molecule has 0 unspecified atom stereocenters. The van der Waals surface area contributed by atoms with Crippen molar-refractivity contribution in [2.75, 3.05) is 42.9 Å². The maximum atomic E-state index is 11.4. The van der Waals surface area contributed by atoms with Crippen LogP contribution >= 0.6 is 0 Å². The Kier molecular flexibility index (Phi) is 8.58. The van der Waals surface area contributed by atoms with E-state index in [0.717, 1.165) is 44.6 Å². The summed E-state index contributed by atoms with van der Waals surface area (Å²) in [4.78, 5) is 20.0. The van der Waals surface area contributed by atoms with Crippen LogP contribution in [0, 0.1) is 0 Å². The van der Waals surface area contributed by atoms with Gasteiger partial charge in [-0.1, -0.05) is 67.6 Å². The van der Waals surface area contributed by atoms with Gasteiger partial charge in [-0.3, -0.25) is 9.58 Å². The summed E-state index contributed by atoms with van der Waals surface area (Å²) in [5.41, 5.74) is 4.86. The van der Waals surface area contributed by atoms with Gasteiger partial charge in [0, 0.05) is 37.8 Å². The summed E-state index contributed by atoms with van der Waals surface area (Å²) in [6.07, 6.45) is 8.59. The summed E-state index contributed by atoms with van der Waals surface area (Å²) < 4.78 is 3.75. The maximum Gasteiger partial charge on any atom is 0.229 e. The number of imidazole rings is 1. The van der Waals surface area contributed by atoms with E-state index in [1.165, 1.54) is 24.0 Å². The van der Waals surface area contributed by atoms with E-state index in [2.05, 4.69) is 75.7 Å². The van der Waals surface area contributed by atoms with Crippen molar-refractivity contribution in [1.82, 2.24) is 34.2 Å². The second-order valence-electron chi connectivity index (χ2n) is 13.6. The van der Waals surface area contributed by atoms with Gasteiger partial charge in [-0.15, -0.1) is 0 Å². The zero-order chi connectivity index (χ0) is 32.6. The van der Waals surface area contributed by atoms with Gasteiger partial charge in [0.1, 0.15) is 12.2 Å². The topological polar surface area (TPSA) is 120 Å². The van der Waals surface area contributed by atoms with Crippen molar-refractivity contribution in [2.45, 2.75) is 75.3 Å². The third-order valence-electron chi connectivity index (χ3n) is 10.8. The highest BCUT2D eigenvalue weighted by Gasteiger charge is 2.44. The van der Waals surface area contributed by atoms with Crippen molar-refractivity contribution in [3.8, 4) is 0 Å². The first-order valence-electron chi connectivity index (χ1n) is 17.5. The molecular weight excluding hydrogens is 602 g/mol. The molecule has 0 amide bonds. The van der Waals surface area contributed by atoms with Crippen LogP contribution in [0.5, 0.6) is 0 Å². The Balaban J connectivity index is 1.14. The van der Waals surface area contributed by atoms with Gasteiger partial charge in [-0.2, -0.15) is 15.1 Å². The molecule has 5 atom stereocenters. The zero-order valence-electron chi connectivity index (χ0n) is 27.5. The first-order chi connectivity index (χ1) is 23.6. The summed E-state index contributed by atoms with van der Waals surface area (Å²) in [5.74, 6) is 1.46. The predicted octanol–water partition coefficient (Wildman–Crippen LogP) is 4.41. The van der Waals surface area contributed by atoms with Gasteiger partial charge in [0.15, 0.2) is 17.0 Å². The molecule has 250 valence electrons. The zero-order valence-corrected chi connectivity index (χ0v) is 27.5. The van der Waals surface area contributed by atoms with Gasteiger partial charge in [-0.25, -0.2) is 4.98 Å². The molecule has 2 aliphatic heterocycles. The van der Waals surface area contributed by atoms with Gasteiger partial charge in [-0.05, 0) is 61.9 Å². The highest BCUT2D eigenvalue weighted by molar-refractivity contribution is 5.84. The molecule has 0 bridgehead atoms. The maximum absolute atomic E-state index is 11.4. The third-order valence-corrected chi connectivity index (χ3v) is 10.8. The summed E-state index contributed by atoms with van der Waals surface area (Å²) in [5, 5.41) is 30.8. The van der Waals surface area contributed by atoms with E-state index >= 15 is 0 Å². The molecule has 5 aromatic rings. The van der Waals surface area contributed by atoms with Gasteiger partial charge >= 0.3 is 0 Å². The molecule has 11 nitrogen and oxygen atoms in total. The lowest BCUT2D eigenvalue weighted by molar-refractivity contribution is 0.00721. The Morgan fingerprint density at radius 3 is 2.29 bits per heavy atom. The molecule has 2 saturated heterocycles. The van der Waals surface area contributed by atoms with Crippen LogP contribution in [0.1, 0.15) is 67.3 Å². The lowest BCUT2D eigenvalue weighted by Gasteiger charge is -2.24. The number of benzene rings is 2. The fraction of sp³-hybridized carbons (Fsp3) is 0.459. The quantitative estimate of drug-likeness (QED) is 0.203. The third kappa shape index (κ3) is 5.84. The molecular formula is C37H45N9O2. The molecule has 2 aromatic carbocycles. The molecule has 5 heterocycles. The van der Waals surface area contributed by atoms with E-state index < -0.39 is 18.2 Å². The van der Waals surface area contributed by atoms with E-state index in [-0.39, 0.29) is 12.0 Å². The normalized spacial score (nSPS) is 24.8. The Morgan fingerprint density at radius 2 is 1.60 bits per heavy atom. The molecule has 8 rings (SSSR count). The molecule has 3 aliphatic rings. The van der Waals surface area contributed by atoms with Crippen molar-refractivity contribution in [1.29, 1.82) is 0 Å². The van der Waals surface area contributed by atoms with Gasteiger partial charge < -0.3 is 25.0 Å². The molecule has 1 saturated carbocycles. The van der Waals surface area contributed by atoms with Crippen LogP contribution in [-0.4, -0.2) is 95.4 Å². The lowest BCUT2D eigenvalue weighted by atomic mass is 9.91. The van der Waals surface area contributed by atoms with Crippen LogP contribution in [0.2, 0.25) is 0 Å². The predicted molar refractivity (Wildman–Crippen MR) is 186 cm³/mol. The Hall–Kier alpha value is -4.32. The number of rotatable bonds is 10. The van der Waals surface area contributed by atoms with Crippen molar-refractivity contribution in [2.24, 2.45) is 0 Å². The van der Waals surface area contributed by atoms with Crippen LogP contribution in [0.15, 0.2) is 79.4 Å². The van der Waals surface area contributed by atoms with Crippen LogP contribution in [0.3, 0.4) is 0 Å². The summed E-state index contributed by atoms with van der Waals surface area (Å²) in [7, 11) is 0. The van der Waals surface area contributed by atoms with Crippen molar-refractivity contribution in [3.63, 3.8) is 0 Å². The number of aryl methyl sites for hydroxylation is 1. The second kappa shape index (κ2) is 13.3. The van der Waals surface area contributed by atoms with E-state index in [1.54, 1.807) is 11.0 Å². The molecule has 3 N–H and O–H groups in total. The van der Waals surface area contributed by atoms with Gasteiger partial charge in [0.05, 0.1) is 24.6 Å². The van der Waals surface area contributed by atoms with Crippen LogP contribution < -0.4 is 10.2 Å². The van der Waals surface area contributed by atoms with Crippen LogP contribution in [-0.2, 0) is 6.42 Å². The number of hydrogen-bond acceptors (Lipinski definition) is 9. The highest BCUT2D eigenvalue weighted by Crippen LogP contribution is 2.40. The molecule has 1 aliphatic carbocycles. The fourth-order valence-corrected chi connectivity index (χ4v) is 8.00. The van der Waals surface area contributed by atoms with Crippen LogP contribution in [0.25, 0.3) is 11.2 Å². The van der Waals surface area contributed by atoms with Gasteiger partial charge in [0.2, 0.25) is 5.95 Å². The molecule has 0 radical (unpaired) electrons. The number of nitrogens with one attached hydrogen (secondary N) is 1. The van der Waals surface area contributed by atoms with Gasteiger partial charge in [0.25, 0.3) is 0 Å². The number of likely N-dealkylation sites (tertiary alicyclic amines) is 1. The molecule has 48 heavy (non-hydrogen) atoms. The van der Waals surface area contributed by atoms with E-state index in [4.69, 9.17) is 15.0 Å². The highest BCUT2D eigenvalue weighted by atomic mass is 16.3. The van der Waals surface area contributed by atoms with Crippen molar-refractivity contribution in [3.05, 3.63) is 96.1 Å². The van der Waals surface area contributed by atoms with E-state index in [0.29, 0.717) is 41.9 Å². The van der Waals surface area contributed by atoms with E-state index in [9.17, 15) is 10.2 Å². The number of aliphatic hydroxyl groups excluding tert-OH is 2. The number of fused-ring (bicyclic) bond motifs is 1. The molecule has 11 heteroatoms. The number of aromatic nitrogens is 6. The average Bonchev–Trinajstić information content (AvgIpc) is 3.97. The van der Waals surface area contributed by atoms with Crippen molar-refractivity contribution >= 4 is 22.9 Å². The molecule has 3 fully saturated rings. The average molecular weight is 648 g/mol. The minimum absolute atomic E-state index is 0.101. The molecule has 3 aromatic heterocycles. The Labute approximate surface area is 281 Å². The Morgan fingerprint density at radius 1 is 0.896 bits per heavy atom. The van der Waals surface area contributed by atoms with E-state index in [1.807, 2.05) is 29.1 Å². The number of aliphatic hydroxyl groups is 2. The van der Waals surface area contributed by atoms with Crippen molar-refractivity contribution < 1.29 is 10.2 Å². The monoisotopic (exact) mass is 647 g/mol. The largest absolute Gasteiger partial charge is 0.388 e. The number of hydrogen-bond donors (Lipinski definition) is 3. The summed E-state index contributed by atoms with van der Waals surface area (Å²) in [6.45, 7) is 6.81. The summed E-state index contributed by atoms with van der Waals surface area (Å²) in [6, 6.07) is 20.8. The lowest BCUT2D eigenvalue weighted by Crippen LogP contribution is -2.35.